The van der Waals surface area contributed by atoms with E-state index in [0.29, 0.717) is 0 Å². The smallest absolute Gasteiger partial charge is 0.425 e. The number of hydrogen-bond donors (Lipinski definition) is 1. The summed E-state index contributed by atoms with van der Waals surface area (Å²) in [5.41, 5.74) is 6.32. The van der Waals surface area contributed by atoms with Crippen LogP contribution in [0.25, 0.3) is 0 Å². The zero-order valence-electron chi connectivity index (χ0n) is 8.30. The average molecular weight is 220 g/mol. The largest absolute Gasteiger partial charge is 0.464 e. The van der Waals surface area contributed by atoms with E-state index >= 15 is 0 Å². The molecule has 1 aromatic rings. The molecule has 0 aliphatic rings. The maximum Gasteiger partial charge on any atom is 0.425 e. The van der Waals surface area contributed by atoms with Gasteiger partial charge in [0.25, 0.3) is 0 Å². The van der Waals surface area contributed by atoms with E-state index in [1.807, 2.05) is 0 Å². The van der Waals surface area contributed by atoms with Gasteiger partial charge in [0.2, 0.25) is 5.88 Å². The number of halogens is 3. The Labute approximate surface area is 85.1 Å². The normalized spacial score (nSPS) is 13.7. The fourth-order valence-electron chi connectivity index (χ4n) is 0.912. The van der Waals surface area contributed by atoms with Crippen LogP contribution in [0, 0.1) is 6.92 Å². The lowest BCUT2D eigenvalue weighted by atomic mass is 10.3. The van der Waals surface area contributed by atoms with Crippen LogP contribution in [0.3, 0.4) is 0 Å². The third kappa shape index (κ3) is 3.00. The number of nitrogens with zero attached hydrogens (tertiary/aromatic N) is 1. The van der Waals surface area contributed by atoms with E-state index in [1.165, 1.54) is 12.3 Å². The molecular formula is C9H11F3N2O. The molecule has 0 aromatic carbocycles. The second kappa shape index (κ2) is 3.96. The summed E-state index contributed by atoms with van der Waals surface area (Å²) < 4.78 is 41.1. The highest BCUT2D eigenvalue weighted by molar-refractivity contribution is 5.49. The number of anilines is 1. The van der Waals surface area contributed by atoms with Gasteiger partial charge in [0, 0.05) is 6.20 Å². The number of hydrogen-bond acceptors (Lipinski definition) is 3. The van der Waals surface area contributed by atoms with Crippen LogP contribution in [-0.4, -0.2) is 17.3 Å². The Morgan fingerprint density at radius 1 is 1.47 bits per heavy atom. The summed E-state index contributed by atoms with van der Waals surface area (Å²) in [6.07, 6.45) is -4.94. The average Bonchev–Trinajstić information content (AvgIpc) is 2.08. The standard InChI is InChI=1S/C9H11F3N2O/c1-5-3-7(13)8(14-4-5)15-6(2)9(10,11)12/h3-4,6H,13H2,1-2H3. The molecule has 3 nitrogen and oxygen atoms in total. The summed E-state index contributed by atoms with van der Waals surface area (Å²) in [7, 11) is 0. The zero-order chi connectivity index (χ0) is 11.6. The van der Waals surface area contributed by atoms with Crippen LogP contribution in [0.1, 0.15) is 12.5 Å². The second-order valence-corrected chi connectivity index (χ2v) is 3.21. The first kappa shape index (κ1) is 11.6. The van der Waals surface area contributed by atoms with Crippen molar-refractivity contribution in [2.45, 2.75) is 26.1 Å². The fourth-order valence-corrected chi connectivity index (χ4v) is 0.912. The molecule has 0 aliphatic heterocycles. The molecule has 0 radical (unpaired) electrons. The van der Waals surface area contributed by atoms with Crippen molar-refractivity contribution in [1.29, 1.82) is 0 Å². The Balaban J connectivity index is 2.82. The van der Waals surface area contributed by atoms with Crippen LogP contribution >= 0.6 is 0 Å². The molecule has 0 bridgehead atoms. The van der Waals surface area contributed by atoms with Crippen LogP contribution < -0.4 is 10.5 Å². The van der Waals surface area contributed by atoms with Gasteiger partial charge in [-0.05, 0) is 25.5 Å². The van der Waals surface area contributed by atoms with E-state index < -0.39 is 12.3 Å². The summed E-state index contributed by atoms with van der Waals surface area (Å²) in [5.74, 6) is -0.189. The Morgan fingerprint density at radius 2 is 2.07 bits per heavy atom. The lowest BCUT2D eigenvalue weighted by Crippen LogP contribution is -2.31. The zero-order valence-corrected chi connectivity index (χ0v) is 8.30. The van der Waals surface area contributed by atoms with Gasteiger partial charge in [0.15, 0.2) is 6.10 Å². The van der Waals surface area contributed by atoms with E-state index in [-0.39, 0.29) is 11.6 Å². The van der Waals surface area contributed by atoms with E-state index in [1.54, 1.807) is 6.92 Å². The van der Waals surface area contributed by atoms with Crippen molar-refractivity contribution < 1.29 is 17.9 Å². The van der Waals surface area contributed by atoms with Gasteiger partial charge < -0.3 is 10.5 Å². The molecule has 1 rings (SSSR count). The third-order valence-corrected chi connectivity index (χ3v) is 1.76. The van der Waals surface area contributed by atoms with Gasteiger partial charge in [-0.2, -0.15) is 13.2 Å². The predicted molar refractivity (Wildman–Crippen MR) is 49.5 cm³/mol. The molecule has 0 amide bonds. The molecule has 0 saturated heterocycles. The van der Waals surface area contributed by atoms with Crippen molar-refractivity contribution in [2.75, 3.05) is 5.73 Å². The van der Waals surface area contributed by atoms with Crippen molar-refractivity contribution in [1.82, 2.24) is 4.98 Å². The predicted octanol–water partition coefficient (Wildman–Crippen LogP) is 2.30. The summed E-state index contributed by atoms with van der Waals surface area (Å²) >= 11 is 0. The van der Waals surface area contributed by atoms with E-state index in [0.717, 1.165) is 12.5 Å². The molecular weight excluding hydrogens is 209 g/mol. The summed E-state index contributed by atoms with van der Waals surface area (Å²) in [4.78, 5) is 3.68. The first-order chi connectivity index (χ1) is 6.80. The minimum atomic E-state index is -4.42. The van der Waals surface area contributed by atoms with Crippen LogP contribution in [-0.2, 0) is 0 Å². The number of rotatable bonds is 2. The SMILES string of the molecule is Cc1cnc(OC(C)C(F)(F)F)c(N)c1. The molecule has 1 atom stereocenters. The highest BCUT2D eigenvalue weighted by Gasteiger charge is 2.38. The molecule has 15 heavy (non-hydrogen) atoms. The van der Waals surface area contributed by atoms with Gasteiger partial charge in [-0.15, -0.1) is 0 Å². The van der Waals surface area contributed by atoms with Gasteiger partial charge in [-0.25, -0.2) is 4.98 Å². The summed E-state index contributed by atoms with van der Waals surface area (Å²) in [6.45, 7) is 2.64. The minimum Gasteiger partial charge on any atom is -0.464 e. The molecule has 1 unspecified atom stereocenters. The topological polar surface area (TPSA) is 48.1 Å². The lowest BCUT2D eigenvalue weighted by Gasteiger charge is -2.17. The first-order valence-electron chi connectivity index (χ1n) is 4.26. The van der Waals surface area contributed by atoms with Gasteiger partial charge in [-0.3, -0.25) is 0 Å². The Bertz CT molecular complexity index is 352. The van der Waals surface area contributed by atoms with E-state index in [9.17, 15) is 13.2 Å². The number of aryl methyl sites for hydroxylation is 1. The maximum atomic E-state index is 12.2. The lowest BCUT2D eigenvalue weighted by molar-refractivity contribution is -0.189. The van der Waals surface area contributed by atoms with Gasteiger partial charge >= 0.3 is 6.18 Å². The Morgan fingerprint density at radius 3 is 2.53 bits per heavy atom. The number of nitrogens with two attached hydrogens (primary N) is 1. The molecule has 0 aliphatic carbocycles. The van der Waals surface area contributed by atoms with Gasteiger partial charge in [0.05, 0.1) is 5.69 Å². The number of alkyl halides is 3. The molecule has 1 heterocycles. The van der Waals surface area contributed by atoms with Crippen molar-refractivity contribution in [2.24, 2.45) is 0 Å². The van der Waals surface area contributed by atoms with E-state index in [2.05, 4.69) is 9.72 Å². The van der Waals surface area contributed by atoms with Crippen LogP contribution in [0.15, 0.2) is 12.3 Å². The number of nitrogen functional groups attached to an aromatic ring is 1. The molecule has 0 spiro atoms. The molecule has 6 heteroatoms. The quantitative estimate of drug-likeness (QED) is 0.831. The number of aromatic nitrogens is 1. The maximum absolute atomic E-state index is 12.2. The van der Waals surface area contributed by atoms with Crippen LogP contribution in [0.5, 0.6) is 5.88 Å². The molecule has 2 N–H and O–H groups in total. The van der Waals surface area contributed by atoms with Crippen molar-refractivity contribution in [3.63, 3.8) is 0 Å². The monoisotopic (exact) mass is 220 g/mol. The van der Waals surface area contributed by atoms with Crippen LogP contribution in [0.2, 0.25) is 0 Å². The number of pyridine rings is 1. The molecule has 1 aromatic heterocycles. The first-order valence-corrected chi connectivity index (χ1v) is 4.26. The molecule has 84 valence electrons. The third-order valence-electron chi connectivity index (χ3n) is 1.76. The second-order valence-electron chi connectivity index (χ2n) is 3.21. The Kier molecular flexibility index (Phi) is 3.06. The van der Waals surface area contributed by atoms with E-state index in [4.69, 9.17) is 5.73 Å². The highest BCUT2D eigenvalue weighted by Crippen LogP contribution is 2.26. The Hall–Kier alpha value is -1.46. The van der Waals surface area contributed by atoms with Crippen molar-refractivity contribution >= 4 is 5.69 Å². The number of ether oxygens (including phenoxy) is 1. The van der Waals surface area contributed by atoms with Crippen LogP contribution in [0.4, 0.5) is 18.9 Å². The molecule has 0 saturated carbocycles. The highest BCUT2D eigenvalue weighted by atomic mass is 19.4. The fraction of sp³-hybridized carbons (Fsp3) is 0.444. The summed E-state index contributed by atoms with van der Waals surface area (Å²) in [5, 5.41) is 0. The van der Waals surface area contributed by atoms with Crippen molar-refractivity contribution in [3.8, 4) is 5.88 Å². The van der Waals surface area contributed by atoms with Gasteiger partial charge in [0.1, 0.15) is 0 Å². The summed E-state index contributed by atoms with van der Waals surface area (Å²) in [6, 6.07) is 1.51. The van der Waals surface area contributed by atoms with Gasteiger partial charge in [-0.1, -0.05) is 0 Å². The minimum absolute atomic E-state index is 0.103. The van der Waals surface area contributed by atoms with Crippen molar-refractivity contribution in [3.05, 3.63) is 17.8 Å². The molecule has 0 fully saturated rings.